The second kappa shape index (κ2) is 7.33. The molecule has 20 heavy (non-hydrogen) atoms. The topological polar surface area (TPSA) is 63.5 Å². The molecule has 2 atom stereocenters. The zero-order valence-corrected chi connectivity index (χ0v) is 13.0. The van der Waals surface area contributed by atoms with Gasteiger partial charge in [-0.15, -0.1) is 0 Å². The normalized spacial score (nSPS) is 14.7. The number of alkyl carbamates (subject to hydrolysis) is 1. The molecule has 0 saturated carbocycles. The summed E-state index contributed by atoms with van der Waals surface area (Å²) in [5, 5.41) is 6.21. The average Bonchev–Trinajstić information content (AvgIpc) is 2.78. The molecule has 0 saturated heterocycles. The van der Waals surface area contributed by atoms with Crippen LogP contribution in [-0.4, -0.2) is 24.3 Å². The Balaban J connectivity index is 2.20. The van der Waals surface area contributed by atoms with Gasteiger partial charge in [0.1, 0.15) is 5.60 Å². The van der Waals surface area contributed by atoms with Crippen molar-refractivity contribution in [3.63, 3.8) is 0 Å². The van der Waals surface area contributed by atoms with Crippen LogP contribution in [0.5, 0.6) is 0 Å². The highest BCUT2D eigenvalue weighted by Gasteiger charge is 2.17. The summed E-state index contributed by atoms with van der Waals surface area (Å²) in [6, 6.07) is 2.25. The Kier molecular flexibility index (Phi) is 6.07. The second-order valence-corrected chi connectivity index (χ2v) is 6.07. The van der Waals surface area contributed by atoms with E-state index in [2.05, 4.69) is 17.6 Å². The van der Waals surface area contributed by atoms with E-state index in [0.717, 1.165) is 18.5 Å². The van der Waals surface area contributed by atoms with Crippen LogP contribution in [0.1, 0.15) is 52.6 Å². The fourth-order valence-corrected chi connectivity index (χ4v) is 1.74. The molecule has 0 radical (unpaired) electrons. The van der Waals surface area contributed by atoms with Crippen LogP contribution in [0, 0.1) is 0 Å². The van der Waals surface area contributed by atoms with Crippen molar-refractivity contribution in [2.24, 2.45) is 0 Å². The van der Waals surface area contributed by atoms with Crippen LogP contribution in [0.2, 0.25) is 0 Å². The third-order valence-corrected chi connectivity index (χ3v) is 2.83. The van der Waals surface area contributed by atoms with Crippen LogP contribution >= 0.6 is 0 Å². The maximum absolute atomic E-state index is 11.6. The Morgan fingerprint density at radius 3 is 2.65 bits per heavy atom. The number of furan rings is 1. The molecule has 2 unspecified atom stereocenters. The van der Waals surface area contributed by atoms with Crippen LogP contribution in [0.3, 0.4) is 0 Å². The van der Waals surface area contributed by atoms with E-state index < -0.39 is 5.60 Å². The van der Waals surface area contributed by atoms with E-state index in [1.807, 2.05) is 33.8 Å². The van der Waals surface area contributed by atoms with Gasteiger partial charge in [-0.05, 0) is 53.7 Å². The van der Waals surface area contributed by atoms with Crippen molar-refractivity contribution in [3.8, 4) is 0 Å². The predicted octanol–water partition coefficient (Wildman–Crippen LogP) is 3.23. The van der Waals surface area contributed by atoms with Gasteiger partial charge >= 0.3 is 6.09 Å². The van der Waals surface area contributed by atoms with Crippen molar-refractivity contribution in [1.29, 1.82) is 0 Å². The standard InChI is InChI=1S/C15H26N2O3/c1-11(17-14(18)20-15(3,4)5)6-8-16-12(2)13-7-9-19-10-13/h7,9-12,16H,6,8H2,1-5H3,(H,17,18). The smallest absolute Gasteiger partial charge is 0.407 e. The Labute approximate surface area is 121 Å². The van der Waals surface area contributed by atoms with E-state index in [1.54, 1.807) is 12.5 Å². The van der Waals surface area contributed by atoms with E-state index in [1.165, 1.54) is 0 Å². The second-order valence-electron chi connectivity index (χ2n) is 6.07. The van der Waals surface area contributed by atoms with E-state index >= 15 is 0 Å². The number of ether oxygens (including phenoxy) is 1. The van der Waals surface area contributed by atoms with E-state index in [9.17, 15) is 4.79 Å². The maximum Gasteiger partial charge on any atom is 0.407 e. The lowest BCUT2D eigenvalue weighted by Crippen LogP contribution is -2.39. The molecule has 0 aromatic carbocycles. The number of hydrogen-bond donors (Lipinski definition) is 2. The van der Waals surface area contributed by atoms with Crippen molar-refractivity contribution >= 4 is 6.09 Å². The lowest BCUT2D eigenvalue weighted by molar-refractivity contribution is 0.0506. The van der Waals surface area contributed by atoms with Gasteiger partial charge in [0.15, 0.2) is 0 Å². The molecule has 5 nitrogen and oxygen atoms in total. The first-order valence-corrected chi connectivity index (χ1v) is 7.03. The first-order chi connectivity index (χ1) is 9.28. The third kappa shape index (κ3) is 6.61. The van der Waals surface area contributed by atoms with E-state index in [-0.39, 0.29) is 18.2 Å². The van der Waals surface area contributed by atoms with Crippen molar-refractivity contribution < 1.29 is 13.9 Å². The Bertz CT molecular complexity index is 396. The average molecular weight is 282 g/mol. The fourth-order valence-electron chi connectivity index (χ4n) is 1.74. The molecule has 0 aliphatic carbocycles. The minimum atomic E-state index is -0.460. The van der Waals surface area contributed by atoms with Gasteiger partial charge in [0.05, 0.1) is 12.5 Å². The molecule has 0 fully saturated rings. The van der Waals surface area contributed by atoms with Crippen LogP contribution in [-0.2, 0) is 4.74 Å². The summed E-state index contributed by atoms with van der Waals surface area (Å²) < 4.78 is 10.3. The van der Waals surface area contributed by atoms with Gasteiger partial charge < -0.3 is 19.8 Å². The van der Waals surface area contributed by atoms with Gasteiger partial charge in [0, 0.05) is 17.6 Å². The lowest BCUT2D eigenvalue weighted by atomic mass is 10.1. The summed E-state index contributed by atoms with van der Waals surface area (Å²) in [5.74, 6) is 0. The van der Waals surface area contributed by atoms with Crippen LogP contribution in [0.25, 0.3) is 0 Å². The van der Waals surface area contributed by atoms with Gasteiger partial charge in [-0.1, -0.05) is 0 Å². The Hall–Kier alpha value is -1.49. The largest absolute Gasteiger partial charge is 0.472 e. The quantitative estimate of drug-likeness (QED) is 0.840. The number of amides is 1. The highest BCUT2D eigenvalue weighted by molar-refractivity contribution is 5.67. The van der Waals surface area contributed by atoms with Crippen molar-refractivity contribution in [2.45, 2.75) is 58.7 Å². The van der Waals surface area contributed by atoms with E-state index in [4.69, 9.17) is 9.15 Å². The minimum absolute atomic E-state index is 0.0638. The molecule has 0 aliphatic rings. The van der Waals surface area contributed by atoms with Gasteiger partial charge in [0.2, 0.25) is 0 Å². The van der Waals surface area contributed by atoms with Gasteiger partial charge in [-0.25, -0.2) is 4.79 Å². The summed E-state index contributed by atoms with van der Waals surface area (Å²) in [6.07, 6.45) is 3.87. The molecular weight excluding hydrogens is 256 g/mol. The molecule has 1 aromatic rings. The molecule has 1 aromatic heterocycles. The van der Waals surface area contributed by atoms with Crippen molar-refractivity contribution in [1.82, 2.24) is 10.6 Å². The van der Waals surface area contributed by atoms with Crippen LogP contribution < -0.4 is 10.6 Å². The molecule has 2 N–H and O–H groups in total. The fraction of sp³-hybridized carbons (Fsp3) is 0.667. The van der Waals surface area contributed by atoms with Crippen LogP contribution in [0.15, 0.2) is 23.0 Å². The summed E-state index contributed by atoms with van der Waals surface area (Å²) >= 11 is 0. The van der Waals surface area contributed by atoms with E-state index in [0.29, 0.717) is 0 Å². The monoisotopic (exact) mass is 282 g/mol. The molecular formula is C15H26N2O3. The zero-order chi connectivity index (χ0) is 15.2. The molecule has 0 spiro atoms. The Morgan fingerprint density at radius 1 is 1.40 bits per heavy atom. The number of rotatable bonds is 6. The van der Waals surface area contributed by atoms with Crippen LogP contribution in [0.4, 0.5) is 4.79 Å². The molecule has 0 bridgehead atoms. The number of nitrogens with one attached hydrogen (secondary N) is 2. The number of hydrogen-bond acceptors (Lipinski definition) is 4. The molecule has 1 amide bonds. The first kappa shape index (κ1) is 16.6. The molecule has 0 aliphatic heterocycles. The lowest BCUT2D eigenvalue weighted by Gasteiger charge is -2.22. The minimum Gasteiger partial charge on any atom is -0.472 e. The molecule has 5 heteroatoms. The summed E-state index contributed by atoms with van der Waals surface area (Å²) in [5.41, 5.74) is 0.662. The first-order valence-electron chi connectivity index (χ1n) is 7.03. The predicted molar refractivity (Wildman–Crippen MR) is 78.6 cm³/mol. The summed E-state index contributed by atoms with van der Waals surface area (Å²) in [4.78, 5) is 11.6. The third-order valence-electron chi connectivity index (χ3n) is 2.83. The highest BCUT2D eigenvalue weighted by Crippen LogP contribution is 2.12. The highest BCUT2D eigenvalue weighted by atomic mass is 16.6. The number of carbonyl (C=O) groups excluding carboxylic acids is 1. The summed E-state index contributed by atoms with van der Waals surface area (Å²) in [6.45, 7) is 10.4. The number of carbonyl (C=O) groups is 1. The molecule has 114 valence electrons. The Morgan fingerprint density at radius 2 is 2.10 bits per heavy atom. The zero-order valence-electron chi connectivity index (χ0n) is 13.0. The summed E-state index contributed by atoms with van der Waals surface area (Å²) in [7, 11) is 0. The van der Waals surface area contributed by atoms with Crippen molar-refractivity contribution in [3.05, 3.63) is 24.2 Å². The van der Waals surface area contributed by atoms with Crippen molar-refractivity contribution in [2.75, 3.05) is 6.54 Å². The SMILES string of the molecule is CC(CCNC(C)c1ccoc1)NC(=O)OC(C)(C)C. The maximum atomic E-state index is 11.6. The molecule has 1 rings (SSSR count). The van der Waals surface area contributed by atoms with Gasteiger partial charge in [-0.2, -0.15) is 0 Å². The van der Waals surface area contributed by atoms with Gasteiger partial charge in [-0.3, -0.25) is 0 Å². The van der Waals surface area contributed by atoms with Gasteiger partial charge in [0.25, 0.3) is 0 Å². The molecule has 1 heterocycles.